The van der Waals surface area contributed by atoms with Gasteiger partial charge in [0.1, 0.15) is 0 Å². The van der Waals surface area contributed by atoms with E-state index in [-0.39, 0.29) is 5.78 Å². The van der Waals surface area contributed by atoms with Crippen LogP contribution in [0.2, 0.25) is 5.02 Å². The van der Waals surface area contributed by atoms with Crippen molar-refractivity contribution < 1.29 is 4.79 Å². The summed E-state index contributed by atoms with van der Waals surface area (Å²) in [5.74, 6) is -0.145. The lowest BCUT2D eigenvalue weighted by atomic mass is 10.0. The van der Waals surface area contributed by atoms with E-state index in [0.717, 1.165) is 10.9 Å². The van der Waals surface area contributed by atoms with Crippen molar-refractivity contribution >= 4 is 34.0 Å². The van der Waals surface area contributed by atoms with Crippen molar-refractivity contribution in [1.82, 2.24) is 9.97 Å². The molecule has 0 aliphatic rings. The molecule has 2 heterocycles. The van der Waals surface area contributed by atoms with E-state index in [9.17, 15) is 4.79 Å². The van der Waals surface area contributed by atoms with Crippen molar-refractivity contribution in [3.05, 3.63) is 59.0 Å². The van der Waals surface area contributed by atoms with Crippen molar-refractivity contribution in [3.63, 3.8) is 0 Å². The molecule has 0 fully saturated rings. The summed E-state index contributed by atoms with van der Waals surface area (Å²) in [6, 6.07) is 6.67. The minimum atomic E-state index is -0.145. The van der Waals surface area contributed by atoms with E-state index >= 15 is 0 Å². The number of benzene rings is 1. The van der Waals surface area contributed by atoms with Crippen LogP contribution < -0.4 is 5.73 Å². The second kappa shape index (κ2) is 4.40. The molecule has 0 spiro atoms. The molecule has 0 saturated heterocycles. The Hall–Kier alpha value is -2.33. The molecule has 0 saturated carbocycles. The van der Waals surface area contributed by atoms with Crippen LogP contribution in [0, 0.1) is 0 Å². The van der Waals surface area contributed by atoms with Crippen LogP contribution in [-0.2, 0) is 0 Å². The number of aromatic nitrogens is 2. The van der Waals surface area contributed by atoms with E-state index in [0.29, 0.717) is 21.8 Å². The molecule has 0 radical (unpaired) electrons. The zero-order valence-electron chi connectivity index (χ0n) is 9.85. The van der Waals surface area contributed by atoms with Crippen molar-refractivity contribution in [1.29, 1.82) is 0 Å². The minimum Gasteiger partial charge on any atom is -0.398 e. The zero-order chi connectivity index (χ0) is 13.4. The van der Waals surface area contributed by atoms with Gasteiger partial charge < -0.3 is 10.7 Å². The van der Waals surface area contributed by atoms with Crippen LogP contribution >= 0.6 is 11.6 Å². The van der Waals surface area contributed by atoms with Gasteiger partial charge in [-0.3, -0.25) is 9.78 Å². The summed E-state index contributed by atoms with van der Waals surface area (Å²) in [5.41, 5.74) is 8.07. The molecule has 5 heteroatoms. The first kappa shape index (κ1) is 11.7. The zero-order valence-corrected chi connectivity index (χ0v) is 10.6. The maximum atomic E-state index is 12.5. The van der Waals surface area contributed by atoms with Crippen molar-refractivity contribution in [2.45, 2.75) is 0 Å². The molecule has 4 nitrogen and oxygen atoms in total. The number of hydrogen-bond donors (Lipinski definition) is 2. The van der Waals surface area contributed by atoms with Crippen LogP contribution in [0.4, 0.5) is 5.69 Å². The van der Waals surface area contributed by atoms with Crippen molar-refractivity contribution in [2.24, 2.45) is 0 Å². The second-order valence-corrected chi connectivity index (χ2v) is 4.62. The number of rotatable bonds is 2. The number of aromatic amines is 1. The van der Waals surface area contributed by atoms with Gasteiger partial charge in [-0.1, -0.05) is 11.6 Å². The fraction of sp³-hybridized carbons (Fsp3) is 0. The topological polar surface area (TPSA) is 71.8 Å². The molecule has 3 rings (SSSR count). The van der Waals surface area contributed by atoms with Crippen LogP contribution in [-0.4, -0.2) is 15.8 Å². The molecule has 3 aromatic rings. The first-order valence-electron chi connectivity index (χ1n) is 5.67. The van der Waals surface area contributed by atoms with Crippen LogP contribution in [0.3, 0.4) is 0 Å². The average Bonchev–Trinajstić information content (AvgIpc) is 2.82. The number of nitrogens with two attached hydrogens (primary N) is 1. The lowest BCUT2D eigenvalue weighted by molar-refractivity contribution is 0.104. The number of anilines is 1. The summed E-state index contributed by atoms with van der Waals surface area (Å²) in [4.78, 5) is 19.6. The number of carbonyl (C=O) groups is 1. The Morgan fingerprint density at radius 2 is 2.11 bits per heavy atom. The van der Waals surface area contributed by atoms with E-state index in [1.54, 1.807) is 36.8 Å². The molecular formula is C14H10ClN3O. The van der Waals surface area contributed by atoms with Gasteiger partial charge in [-0.15, -0.1) is 0 Å². The summed E-state index contributed by atoms with van der Waals surface area (Å²) < 4.78 is 0. The number of pyridine rings is 1. The van der Waals surface area contributed by atoms with Crippen molar-refractivity contribution in [3.8, 4) is 0 Å². The Morgan fingerprint density at radius 3 is 2.89 bits per heavy atom. The van der Waals surface area contributed by atoms with Gasteiger partial charge in [0.05, 0.1) is 0 Å². The van der Waals surface area contributed by atoms with Crippen LogP contribution in [0.25, 0.3) is 10.9 Å². The number of hydrogen-bond acceptors (Lipinski definition) is 3. The van der Waals surface area contributed by atoms with Crippen LogP contribution in [0.1, 0.15) is 15.9 Å². The fourth-order valence-electron chi connectivity index (χ4n) is 2.04. The predicted octanol–water partition coefficient (Wildman–Crippen LogP) is 3.03. The minimum absolute atomic E-state index is 0.145. The molecule has 0 aliphatic carbocycles. The summed E-state index contributed by atoms with van der Waals surface area (Å²) in [6.45, 7) is 0. The lowest BCUT2D eigenvalue weighted by Gasteiger charge is -2.04. The Kier molecular flexibility index (Phi) is 2.72. The summed E-state index contributed by atoms with van der Waals surface area (Å²) >= 11 is 5.83. The Labute approximate surface area is 114 Å². The monoisotopic (exact) mass is 271 g/mol. The quantitative estimate of drug-likeness (QED) is 0.556. The second-order valence-electron chi connectivity index (χ2n) is 4.18. The molecule has 1 aromatic carbocycles. The van der Waals surface area contributed by atoms with Gasteiger partial charge in [-0.2, -0.15) is 0 Å². The van der Waals surface area contributed by atoms with Crippen LogP contribution in [0.5, 0.6) is 0 Å². The fourth-order valence-corrected chi connectivity index (χ4v) is 2.22. The van der Waals surface area contributed by atoms with E-state index in [2.05, 4.69) is 9.97 Å². The number of H-pyrrole nitrogens is 1. The number of fused-ring (bicyclic) bond motifs is 1. The number of ketones is 1. The van der Waals surface area contributed by atoms with Gasteiger partial charge in [0, 0.05) is 51.3 Å². The highest BCUT2D eigenvalue weighted by atomic mass is 35.5. The third-order valence-electron chi connectivity index (χ3n) is 2.99. The molecule has 0 aliphatic heterocycles. The smallest absolute Gasteiger partial charge is 0.197 e. The Balaban J connectivity index is 2.13. The first-order valence-corrected chi connectivity index (χ1v) is 6.05. The Morgan fingerprint density at radius 1 is 1.26 bits per heavy atom. The highest BCUT2D eigenvalue weighted by Crippen LogP contribution is 2.24. The third kappa shape index (κ3) is 1.96. The largest absolute Gasteiger partial charge is 0.398 e. The SMILES string of the molecule is Nc1cc(Cl)ccc1C(=O)c1c[nH]c2ccncc12. The predicted molar refractivity (Wildman–Crippen MR) is 75.4 cm³/mol. The normalized spacial score (nSPS) is 10.8. The molecule has 0 amide bonds. The lowest BCUT2D eigenvalue weighted by Crippen LogP contribution is -2.04. The molecule has 19 heavy (non-hydrogen) atoms. The van der Waals surface area contributed by atoms with E-state index < -0.39 is 0 Å². The molecule has 0 atom stereocenters. The maximum Gasteiger partial charge on any atom is 0.197 e. The average molecular weight is 272 g/mol. The standard InChI is InChI=1S/C14H10ClN3O/c15-8-1-2-9(12(16)5-8)14(19)11-7-18-13-3-4-17-6-10(11)13/h1-7,18H,16H2. The van der Waals surface area contributed by atoms with Gasteiger partial charge in [0.2, 0.25) is 0 Å². The summed E-state index contributed by atoms with van der Waals surface area (Å²) in [7, 11) is 0. The highest BCUT2D eigenvalue weighted by Gasteiger charge is 2.16. The molecule has 94 valence electrons. The number of nitrogens with zero attached hydrogens (tertiary/aromatic N) is 1. The molecule has 3 N–H and O–H groups in total. The van der Waals surface area contributed by atoms with Gasteiger partial charge in [0.15, 0.2) is 5.78 Å². The number of nitrogen functional groups attached to an aromatic ring is 1. The molecule has 0 unspecified atom stereocenters. The van der Waals surface area contributed by atoms with E-state index in [1.807, 2.05) is 6.07 Å². The highest BCUT2D eigenvalue weighted by molar-refractivity contribution is 6.31. The third-order valence-corrected chi connectivity index (χ3v) is 3.22. The van der Waals surface area contributed by atoms with E-state index in [1.165, 1.54) is 0 Å². The number of carbonyl (C=O) groups excluding carboxylic acids is 1. The molecular weight excluding hydrogens is 262 g/mol. The van der Waals surface area contributed by atoms with Crippen LogP contribution in [0.15, 0.2) is 42.9 Å². The summed E-state index contributed by atoms with van der Waals surface area (Å²) in [6.07, 6.45) is 5.00. The number of nitrogens with one attached hydrogen (secondary N) is 1. The molecule has 2 aromatic heterocycles. The van der Waals surface area contributed by atoms with Crippen molar-refractivity contribution in [2.75, 3.05) is 5.73 Å². The maximum absolute atomic E-state index is 12.5. The number of halogens is 1. The van der Waals surface area contributed by atoms with Gasteiger partial charge >= 0.3 is 0 Å². The van der Waals surface area contributed by atoms with Gasteiger partial charge in [0.25, 0.3) is 0 Å². The summed E-state index contributed by atoms with van der Waals surface area (Å²) in [5, 5.41) is 1.29. The molecule has 0 bridgehead atoms. The first-order chi connectivity index (χ1) is 9.16. The van der Waals surface area contributed by atoms with E-state index in [4.69, 9.17) is 17.3 Å². The Bertz CT molecular complexity index is 779. The van der Waals surface area contributed by atoms with Gasteiger partial charge in [-0.25, -0.2) is 0 Å². The van der Waals surface area contributed by atoms with Gasteiger partial charge in [-0.05, 0) is 24.3 Å².